The van der Waals surface area contributed by atoms with Crippen LogP contribution in [-0.2, 0) is 0 Å². The van der Waals surface area contributed by atoms with Crippen LogP contribution in [0.5, 0.6) is 0 Å². The molecule has 6 nitrogen and oxygen atoms in total. The van der Waals surface area contributed by atoms with E-state index in [1.54, 1.807) is 0 Å². The van der Waals surface area contributed by atoms with E-state index in [2.05, 4.69) is 45.3 Å². The maximum Gasteiger partial charge on any atom is 0.225 e. The van der Waals surface area contributed by atoms with Gasteiger partial charge in [-0.3, -0.25) is 4.68 Å². The van der Waals surface area contributed by atoms with Gasteiger partial charge in [-0.25, -0.2) is 15.0 Å². The van der Waals surface area contributed by atoms with E-state index < -0.39 is 0 Å². The Labute approximate surface area is 100 Å². The minimum atomic E-state index is 0.250. The van der Waals surface area contributed by atoms with Crippen LogP contribution in [0.25, 0.3) is 0 Å². The minimum absolute atomic E-state index is 0.250. The first kappa shape index (κ1) is 11.5. The van der Waals surface area contributed by atoms with E-state index in [4.69, 9.17) is 0 Å². The molecule has 0 saturated carbocycles. The third kappa shape index (κ3) is 2.77. The Kier molecular flexibility index (Phi) is 3.32. The standard InChI is InChI=1S/C11H16N6/c1-8-4-9(2)17(16-8)10(3)5-13-11-14-6-12-7-15-11/h4,6-7,10H,5H2,1-3H3,(H,12,13,14,15)/t10-/m1/s1. The maximum atomic E-state index is 4.45. The highest BCUT2D eigenvalue weighted by atomic mass is 15.3. The first-order valence-electron chi connectivity index (χ1n) is 5.55. The van der Waals surface area contributed by atoms with Gasteiger partial charge in [-0.1, -0.05) is 0 Å². The molecule has 0 bridgehead atoms. The summed E-state index contributed by atoms with van der Waals surface area (Å²) in [6.45, 7) is 6.88. The molecule has 90 valence electrons. The van der Waals surface area contributed by atoms with E-state index in [0.717, 1.165) is 17.9 Å². The summed E-state index contributed by atoms with van der Waals surface area (Å²) in [5.74, 6) is 0.591. The topological polar surface area (TPSA) is 68.5 Å². The van der Waals surface area contributed by atoms with Gasteiger partial charge in [-0.05, 0) is 26.8 Å². The number of aryl methyl sites for hydroxylation is 2. The maximum absolute atomic E-state index is 4.45. The van der Waals surface area contributed by atoms with E-state index in [0.29, 0.717) is 5.95 Å². The SMILES string of the molecule is Cc1cc(C)n([C@H](C)CNc2ncncn2)n1. The Bertz CT molecular complexity index is 478. The molecule has 0 aromatic carbocycles. The molecule has 0 aliphatic carbocycles. The molecule has 0 radical (unpaired) electrons. The van der Waals surface area contributed by atoms with Crippen molar-refractivity contribution in [2.24, 2.45) is 0 Å². The predicted molar refractivity (Wildman–Crippen MR) is 64.7 cm³/mol. The highest BCUT2D eigenvalue weighted by Crippen LogP contribution is 2.10. The Hall–Kier alpha value is -1.98. The van der Waals surface area contributed by atoms with Crippen LogP contribution in [0.3, 0.4) is 0 Å². The van der Waals surface area contributed by atoms with Crippen molar-refractivity contribution in [3.05, 3.63) is 30.1 Å². The van der Waals surface area contributed by atoms with Gasteiger partial charge in [0.25, 0.3) is 0 Å². The van der Waals surface area contributed by atoms with Gasteiger partial charge in [0.1, 0.15) is 12.7 Å². The van der Waals surface area contributed by atoms with Crippen LogP contribution in [-0.4, -0.2) is 31.3 Å². The zero-order chi connectivity index (χ0) is 12.3. The lowest BCUT2D eigenvalue weighted by atomic mass is 10.3. The summed E-state index contributed by atoms with van der Waals surface area (Å²) in [4.78, 5) is 11.8. The first-order valence-corrected chi connectivity index (χ1v) is 5.55. The Morgan fingerprint density at radius 1 is 1.29 bits per heavy atom. The van der Waals surface area contributed by atoms with Crippen LogP contribution in [0.1, 0.15) is 24.4 Å². The second-order valence-electron chi connectivity index (χ2n) is 4.06. The monoisotopic (exact) mass is 232 g/mol. The number of rotatable bonds is 4. The number of hydrogen-bond acceptors (Lipinski definition) is 5. The molecular formula is C11H16N6. The van der Waals surface area contributed by atoms with Gasteiger partial charge in [0.2, 0.25) is 5.95 Å². The molecule has 0 fully saturated rings. The molecule has 6 heteroatoms. The van der Waals surface area contributed by atoms with Crippen molar-refractivity contribution in [1.82, 2.24) is 24.7 Å². The summed E-state index contributed by atoms with van der Waals surface area (Å²) in [7, 11) is 0. The zero-order valence-electron chi connectivity index (χ0n) is 10.3. The van der Waals surface area contributed by atoms with Gasteiger partial charge in [0.15, 0.2) is 0 Å². The normalized spacial score (nSPS) is 12.4. The second-order valence-corrected chi connectivity index (χ2v) is 4.06. The third-order valence-corrected chi connectivity index (χ3v) is 2.51. The molecule has 1 N–H and O–H groups in total. The summed E-state index contributed by atoms with van der Waals surface area (Å²) in [6.07, 6.45) is 2.95. The number of nitrogens with one attached hydrogen (secondary N) is 1. The molecule has 0 aliphatic heterocycles. The van der Waals surface area contributed by atoms with Crippen LogP contribution < -0.4 is 5.32 Å². The van der Waals surface area contributed by atoms with E-state index in [9.17, 15) is 0 Å². The summed E-state index contributed by atoms with van der Waals surface area (Å²) in [6, 6.07) is 2.32. The highest BCUT2D eigenvalue weighted by molar-refractivity contribution is 5.21. The molecule has 17 heavy (non-hydrogen) atoms. The predicted octanol–water partition coefficient (Wildman–Crippen LogP) is 1.36. The lowest BCUT2D eigenvalue weighted by Crippen LogP contribution is -2.19. The van der Waals surface area contributed by atoms with Crippen molar-refractivity contribution in [2.45, 2.75) is 26.8 Å². The van der Waals surface area contributed by atoms with Crippen LogP contribution >= 0.6 is 0 Å². The number of aromatic nitrogens is 5. The second kappa shape index (κ2) is 4.90. The fourth-order valence-corrected chi connectivity index (χ4v) is 1.75. The van der Waals surface area contributed by atoms with Gasteiger partial charge < -0.3 is 5.32 Å². The lowest BCUT2D eigenvalue weighted by Gasteiger charge is -2.14. The van der Waals surface area contributed by atoms with Crippen LogP contribution in [0.2, 0.25) is 0 Å². The molecule has 0 saturated heterocycles. The summed E-state index contributed by atoms with van der Waals surface area (Å²) >= 11 is 0. The smallest absolute Gasteiger partial charge is 0.225 e. The molecule has 0 spiro atoms. The number of anilines is 1. The lowest BCUT2D eigenvalue weighted by molar-refractivity contribution is 0.496. The van der Waals surface area contributed by atoms with Gasteiger partial charge >= 0.3 is 0 Å². The van der Waals surface area contributed by atoms with Gasteiger partial charge in [-0.15, -0.1) is 0 Å². The fourth-order valence-electron chi connectivity index (χ4n) is 1.75. The van der Waals surface area contributed by atoms with Crippen molar-refractivity contribution in [3.8, 4) is 0 Å². The first-order chi connectivity index (χ1) is 8.16. The summed E-state index contributed by atoms with van der Waals surface area (Å²) < 4.78 is 2.00. The van der Waals surface area contributed by atoms with Crippen LogP contribution in [0.15, 0.2) is 18.7 Å². The van der Waals surface area contributed by atoms with Gasteiger partial charge in [-0.2, -0.15) is 5.10 Å². The average Bonchev–Trinajstić information content (AvgIpc) is 2.67. The molecular weight excluding hydrogens is 216 g/mol. The fraction of sp³-hybridized carbons (Fsp3) is 0.455. The molecule has 2 aromatic rings. The molecule has 0 amide bonds. The van der Waals surface area contributed by atoms with E-state index in [1.165, 1.54) is 12.7 Å². The molecule has 0 unspecified atom stereocenters. The zero-order valence-corrected chi connectivity index (χ0v) is 10.3. The Morgan fingerprint density at radius 2 is 2.00 bits per heavy atom. The van der Waals surface area contributed by atoms with Gasteiger partial charge in [0.05, 0.1) is 11.7 Å². The van der Waals surface area contributed by atoms with Crippen LogP contribution in [0, 0.1) is 13.8 Å². The van der Waals surface area contributed by atoms with Gasteiger partial charge in [0, 0.05) is 12.2 Å². The molecule has 2 aromatic heterocycles. The van der Waals surface area contributed by atoms with Crippen molar-refractivity contribution < 1.29 is 0 Å². The largest absolute Gasteiger partial charge is 0.352 e. The Morgan fingerprint density at radius 3 is 2.59 bits per heavy atom. The van der Waals surface area contributed by atoms with E-state index >= 15 is 0 Å². The third-order valence-electron chi connectivity index (χ3n) is 2.51. The van der Waals surface area contributed by atoms with Crippen LogP contribution in [0.4, 0.5) is 5.95 Å². The highest BCUT2D eigenvalue weighted by Gasteiger charge is 2.09. The molecule has 1 atom stereocenters. The quantitative estimate of drug-likeness (QED) is 0.862. The van der Waals surface area contributed by atoms with E-state index in [-0.39, 0.29) is 6.04 Å². The summed E-state index contributed by atoms with van der Waals surface area (Å²) in [5, 5.41) is 7.60. The molecule has 2 heterocycles. The molecule has 2 rings (SSSR count). The Balaban J connectivity index is 1.98. The van der Waals surface area contributed by atoms with E-state index in [1.807, 2.05) is 11.6 Å². The van der Waals surface area contributed by atoms with Crippen molar-refractivity contribution in [2.75, 3.05) is 11.9 Å². The van der Waals surface area contributed by atoms with Crippen molar-refractivity contribution >= 4 is 5.95 Å². The average molecular weight is 232 g/mol. The summed E-state index contributed by atoms with van der Waals surface area (Å²) in [5.41, 5.74) is 2.20. The number of hydrogen-bond donors (Lipinski definition) is 1. The minimum Gasteiger partial charge on any atom is -0.352 e. The number of nitrogens with zero attached hydrogens (tertiary/aromatic N) is 5. The van der Waals surface area contributed by atoms with Crippen molar-refractivity contribution in [1.29, 1.82) is 0 Å². The molecule has 0 aliphatic rings. The van der Waals surface area contributed by atoms with Crippen molar-refractivity contribution in [3.63, 3.8) is 0 Å².